The number of pyridine rings is 1. The van der Waals surface area contributed by atoms with Crippen molar-refractivity contribution in [2.75, 3.05) is 0 Å². The van der Waals surface area contributed by atoms with Gasteiger partial charge in [-0.2, -0.15) is 0 Å². The molecule has 0 amide bonds. The van der Waals surface area contributed by atoms with Gasteiger partial charge in [-0.15, -0.1) is 11.3 Å². The summed E-state index contributed by atoms with van der Waals surface area (Å²) < 4.78 is 1.21. The first kappa shape index (κ1) is 12.3. The fourth-order valence-corrected chi connectivity index (χ4v) is 3.92. The van der Waals surface area contributed by atoms with Crippen LogP contribution in [0.25, 0.3) is 0 Å². The van der Waals surface area contributed by atoms with E-state index in [4.69, 9.17) is 0 Å². The molecule has 1 aliphatic carbocycles. The molecule has 2 aromatic rings. The van der Waals surface area contributed by atoms with E-state index in [1.807, 2.05) is 12.3 Å². The standard InChI is InChI=1S/C14H15BrN2S/c15-11-6-8-18-13(11)9-17-12-5-1-3-10-4-2-7-16-14(10)12/h2,4,6-8,12,17H,1,3,5,9H2. The van der Waals surface area contributed by atoms with E-state index < -0.39 is 0 Å². The lowest BCUT2D eigenvalue weighted by molar-refractivity contribution is 0.449. The number of hydrogen-bond donors (Lipinski definition) is 1. The van der Waals surface area contributed by atoms with E-state index in [9.17, 15) is 0 Å². The Morgan fingerprint density at radius 1 is 1.44 bits per heavy atom. The first-order valence-corrected chi connectivity index (χ1v) is 7.91. The van der Waals surface area contributed by atoms with E-state index >= 15 is 0 Å². The summed E-state index contributed by atoms with van der Waals surface area (Å²) in [5.41, 5.74) is 2.66. The van der Waals surface area contributed by atoms with Crippen LogP contribution in [0.5, 0.6) is 0 Å². The van der Waals surface area contributed by atoms with Crippen LogP contribution in [-0.2, 0) is 13.0 Å². The molecule has 18 heavy (non-hydrogen) atoms. The van der Waals surface area contributed by atoms with E-state index in [1.165, 1.54) is 39.9 Å². The molecule has 1 atom stereocenters. The van der Waals surface area contributed by atoms with Crippen molar-refractivity contribution in [3.8, 4) is 0 Å². The van der Waals surface area contributed by atoms with Crippen molar-refractivity contribution in [2.24, 2.45) is 0 Å². The second-order valence-electron chi connectivity index (χ2n) is 4.57. The number of rotatable bonds is 3. The van der Waals surface area contributed by atoms with Gasteiger partial charge in [-0.25, -0.2) is 0 Å². The Hall–Kier alpha value is -0.710. The average molecular weight is 323 g/mol. The summed E-state index contributed by atoms with van der Waals surface area (Å²) >= 11 is 5.37. The monoisotopic (exact) mass is 322 g/mol. The zero-order chi connectivity index (χ0) is 12.4. The smallest absolute Gasteiger partial charge is 0.0605 e. The Bertz CT molecular complexity index is 538. The molecule has 4 heteroatoms. The second-order valence-corrected chi connectivity index (χ2v) is 6.42. The number of halogens is 1. The third-order valence-electron chi connectivity index (χ3n) is 3.40. The van der Waals surface area contributed by atoms with E-state index in [0.29, 0.717) is 6.04 Å². The third kappa shape index (κ3) is 2.51. The van der Waals surface area contributed by atoms with Crippen LogP contribution in [0.15, 0.2) is 34.2 Å². The fourth-order valence-electron chi connectivity index (χ4n) is 2.48. The molecule has 2 aromatic heterocycles. The summed E-state index contributed by atoms with van der Waals surface area (Å²) in [5, 5.41) is 5.76. The van der Waals surface area contributed by atoms with Crippen LogP contribution in [0, 0.1) is 0 Å². The molecule has 0 saturated carbocycles. The van der Waals surface area contributed by atoms with Crippen LogP contribution in [0.4, 0.5) is 0 Å². The number of hydrogen-bond acceptors (Lipinski definition) is 3. The summed E-state index contributed by atoms with van der Waals surface area (Å²) in [6.45, 7) is 0.916. The molecule has 2 nitrogen and oxygen atoms in total. The second kappa shape index (κ2) is 5.51. The molecule has 94 valence electrons. The molecular weight excluding hydrogens is 308 g/mol. The van der Waals surface area contributed by atoms with Gasteiger partial charge in [0.15, 0.2) is 0 Å². The van der Waals surface area contributed by atoms with Crippen LogP contribution < -0.4 is 5.32 Å². The van der Waals surface area contributed by atoms with E-state index in [0.717, 1.165) is 6.54 Å². The number of thiophene rings is 1. The molecule has 0 bridgehead atoms. The van der Waals surface area contributed by atoms with Crippen molar-refractivity contribution < 1.29 is 0 Å². The number of aryl methyl sites for hydroxylation is 1. The Morgan fingerprint density at radius 2 is 2.39 bits per heavy atom. The normalized spacial score (nSPS) is 18.6. The van der Waals surface area contributed by atoms with Gasteiger partial charge in [0, 0.05) is 22.1 Å². The van der Waals surface area contributed by atoms with E-state index in [-0.39, 0.29) is 0 Å². The van der Waals surface area contributed by atoms with Gasteiger partial charge in [-0.1, -0.05) is 6.07 Å². The van der Waals surface area contributed by atoms with Crippen molar-refractivity contribution in [3.05, 3.63) is 50.4 Å². The highest BCUT2D eigenvalue weighted by atomic mass is 79.9. The van der Waals surface area contributed by atoms with Crippen LogP contribution in [-0.4, -0.2) is 4.98 Å². The summed E-state index contributed by atoms with van der Waals surface area (Å²) in [6.07, 6.45) is 5.51. The molecule has 0 fully saturated rings. The first-order chi connectivity index (χ1) is 8.84. The largest absolute Gasteiger partial charge is 0.304 e. The van der Waals surface area contributed by atoms with Gasteiger partial charge in [-0.3, -0.25) is 4.98 Å². The minimum Gasteiger partial charge on any atom is -0.304 e. The molecular formula is C14H15BrN2S. The molecule has 3 rings (SSSR count). The number of fused-ring (bicyclic) bond motifs is 1. The highest BCUT2D eigenvalue weighted by molar-refractivity contribution is 9.10. The van der Waals surface area contributed by atoms with Gasteiger partial charge >= 0.3 is 0 Å². The quantitative estimate of drug-likeness (QED) is 0.921. The fraction of sp³-hybridized carbons (Fsp3) is 0.357. The molecule has 1 N–H and O–H groups in total. The minimum absolute atomic E-state index is 0.406. The maximum Gasteiger partial charge on any atom is 0.0605 e. The Labute approximate surface area is 120 Å². The van der Waals surface area contributed by atoms with Crippen molar-refractivity contribution >= 4 is 27.3 Å². The lowest BCUT2D eigenvalue weighted by Crippen LogP contribution is -2.25. The van der Waals surface area contributed by atoms with Gasteiger partial charge in [0.1, 0.15) is 0 Å². The SMILES string of the molecule is Brc1ccsc1CNC1CCCc2cccnc21. The molecule has 0 radical (unpaired) electrons. The van der Waals surface area contributed by atoms with Gasteiger partial charge in [-0.05, 0) is 58.3 Å². The van der Waals surface area contributed by atoms with Gasteiger partial charge < -0.3 is 5.32 Å². The lowest BCUT2D eigenvalue weighted by Gasteiger charge is -2.25. The summed E-state index contributed by atoms with van der Waals surface area (Å²) in [6, 6.07) is 6.76. The highest BCUT2D eigenvalue weighted by Gasteiger charge is 2.20. The summed E-state index contributed by atoms with van der Waals surface area (Å²) in [4.78, 5) is 5.91. The third-order valence-corrected chi connectivity index (χ3v) is 5.32. The Morgan fingerprint density at radius 3 is 3.22 bits per heavy atom. The van der Waals surface area contributed by atoms with Crippen LogP contribution in [0.2, 0.25) is 0 Å². The summed E-state index contributed by atoms with van der Waals surface area (Å²) in [5.74, 6) is 0. The van der Waals surface area contributed by atoms with Crippen molar-refractivity contribution in [2.45, 2.75) is 31.8 Å². The number of nitrogens with one attached hydrogen (secondary N) is 1. The van der Waals surface area contributed by atoms with Gasteiger partial charge in [0.2, 0.25) is 0 Å². The zero-order valence-electron chi connectivity index (χ0n) is 10.0. The molecule has 0 aliphatic heterocycles. The predicted octanol–water partition coefficient (Wildman–Crippen LogP) is 4.07. The van der Waals surface area contributed by atoms with Crippen LogP contribution >= 0.6 is 27.3 Å². The molecule has 0 aromatic carbocycles. The van der Waals surface area contributed by atoms with Gasteiger partial charge in [0.25, 0.3) is 0 Å². The number of nitrogens with zero attached hydrogens (tertiary/aromatic N) is 1. The maximum atomic E-state index is 4.55. The minimum atomic E-state index is 0.406. The van der Waals surface area contributed by atoms with Crippen LogP contribution in [0.1, 0.15) is 35.0 Å². The average Bonchev–Trinajstić information content (AvgIpc) is 2.82. The number of aromatic nitrogens is 1. The lowest BCUT2D eigenvalue weighted by atomic mass is 9.92. The van der Waals surface area contributed by atoms with Gasteiger partial charge in [0.05, 0.1) is 11.7 Å². The van der Waals surface area contributed by atoms with E-state index in [2.05, 4.69) is 43.7 Å². The molecule has 2 heterocycles. The Kier molecular flexibility index (Phi) is 3.77. The van der Waals surface area contributed by atoms with Crippen LogP contribution in [0.3, 0.4) is 0 Å². The zero-order valence-corrected chi connectivity index (χ0v) is 12.4. The first-order valence-electron chi connectivity index (χ1n) is 6.23. The molecule has 1 unspecified atom stereocenters. The highest BCUT2D eigenvalue weighted by Crippen LogP contribution is 2.29. The maximum absolute atomic E-state index is 4.55. The topological polar surface area (TPSA) is 24.9 Å². The summed E-state index contributed by atoms with van der Waals surface area (Å²) in [7, 11) is 0. The van der Waals surface area contributed by atoms with Crippen molar-refractivity contribution in [1.29, 1.82) is 0 Å². The molecule has 0 saturated heterocycles. The molecule has 0 spiro atoms. The van der Waals surface area contributed by atoms with Crippen molar-refractivity contribution in [3.63, 3.8) is 0 Å². The predicted molar refractivity (Wildman–Crippen MR) is 78.8 cm³/mol. The van der Waals surface area contributed by atoms with E-state index in [1.54, 1.807) is 11.3 Å². The van der Waals surface area contributed by atoms with Crippen molar-refractivity contribution in [1.82, 2.24) is 10.3 Å². The molecule has 1 aliphatic rings. The Balaban J connectivity index is 1.73.